The van der Waals surface area contributed by atoms with Crippen LogP contribution in [0.2, 0.25) is 0 Å². The number of carboxylic acid groups (broad SMARTS) is 1. The van der Waals surface area contributed by atoms with E-state index < -0.39 is 11.4 Å². The molecule has 90 valence electrons. The van der Waals surface area contributed by atoms with Crippen LogP contribution in [0.25, 0.3) is 11.4 Å². The zero-order chi connectivity index (χ0) is 12.6. The minimum absolute atomic E-state index is 0.125. The van der Waals surface area contributed by atoms with Gasteiger partial charge in [-0.15, -0.1) is 0 Å². The monoisotopic (exact) mass is 234 g/mol. The number of hydrogen-bond donors (Lipinski definition) is 2. The molecule has 0 aliphatic rings. The number of aromatic carboxylic acids is 1. The third-order valence-electron chi connectivity index (χ3n) is 2.44. The van der Waals surface area contributed by atoms with Gasteiger partial charge in [0.1, 0.15) is 11.3 Å². The summed E-state index contributed by atoms with van der Waals surface area (Å²) in [7, 11) is 0. The number of hydrogen-bond acceptors (Lipinski definition) is 3. The Kier molecular flexibility index (Phi) is 2.53. The lowest BCUT2D eigenvalue weighted by atomic mass is 9.89. The zero-order valence-corrected chi connectivity index (χ0v) is 9.94. The van der Waals surface area contributed by atoms with Gasteiger partial charge in [-0.1, -0.05) is 25.9 Å². The highest BCUT2D eigenvalue weighted by atomic mass is 16.5. The summed E-state index contributed by atoms with van der Waals surface area (Å²) in [4.78, 5) is 14.3. The van der Waals surface area contributed by atoms with Crippen molar-refractivity contribution in [2.75, 3.05) is 0 Å². The maximum Gasteiger partial charge on any atom is 0.341 e. The first-order valence-corrected chi connectivity index (χ1v) is 5.28. The summed E-state index contributed by atoms with van der Waals surface area (Å²) in [6.07, 6.45) is 1.71. The number of aromatic amines is 1. The van der Waals surface area contributed by atoms with E-state index in [1.807, 2.05) is 20.8 Å². The predicted octanol–water partition coefficient (Wildman–Crippen LogP) is 2.67. The van der Waals surface area contributed by atoms with Crippen molar-refractivity contribution in [2.45, 2.75) is 26.2 Å². The molecule has 0 fully saturated rings. The van der Waals surface area contributed by atoms with Gasteiger partial charge in [0.2, 0.25) is 0 Å². The highest BCUT2D eigenvalue weighted by Gasteiger charge is 2.31. The van der Waals surface area contributed by atoms with Gasteiger partial charge < -0.3 is 14.6 Å². The number of carbonyl (C=O) groups is 1. The Balaban J connectivity index is 2.64. The van der Waals surface area contributed by atoms with Crippen LogP contribution in [-0.2, 0) is 5.41 Å². The molecule has 5 nitrogen and oxygen atoms in total. The van der Waals surface area contributed by atoms with E-state index >= 15 is 0 Å². The molecule has 0 aliphatic heterocycles. The van der Waals surface area contributed by atoms with Crippen LogP contribution < -0.4 is 0 Å². The largest absolute Gasteiger partial charge is 0.477 e. The molecule has 0 saturated heterocycles. The van der Waals surface area contributed by atoms with Crippen LogP contribution in [0.1, 0.15) is 36.9 Å². The summed E-state index contributed by atoms with van der Waals surface area (Å²) in [5, 5.41) is 13.1. The van der Waals surface area contributed by atoms with Crippen molar-refractivity contribution in [1.29, 1.82) is 0 Å². The molecule has 0 unspecified atom stereocenters. The third-order valence-corrected chi connectivity index (χ3v) is 2.44. The Hall–Kier alpha value is -2.04. The standard InChI is InChI=1S/C12H14N2O3/c1-12(2,3)10-8(11(15)16)9(14-17-10)7-5-4-6-13-7/h4-6,13H,1-3H3,(H,15,16). The average molecular weight is 234 g/mol. The second-order valence-electron chi connectivity index (χ2n) is 4.87. The smallest absolute Gasteiger partial charge is 0.341 e. The van der Waals surface area contributed by atoms with Gasteiger partial charge in [-0.3, -0.25) is 0 Å². The lowest BCUT2D eigenvalue weighted by molar-refractivity contribution is 0.0692. The molecular formula is C12H14N2O3. The van der Waals surface area contributed by atoms with Crippen LogP contribution in [0, 0.1) is 0 Å². The summed E-state index contributed by atoms with van der Waals surface area (Å²) in [6, 6.07) is 3.54. The molecule has 2 aromatic rings. The van der Waals surface area contributed by atoms with Crippen molar-refractivity contribution in [2.24, 2.45) is 0 Å². The molecule has 0 aliphatic carbocycles. The Morgan fingerprint density at radius 3 is 2.65 bits per heavy atom. The maximum absolute atomic E-state index is 11.3. The first kappa shape index (κ1) is 11.4. The Morgan fingerprint density at radius 2 is 2.18 bits per heavy atom. The minimum Gasteiger partial charge on any atom is -0.477 e. The highest BCUT2D eigenvalue weighted by Crippen LogP contribution is 2.32. The average Bonchev–Trinajstić information content (AvgIpc) is 2.84. The zero-order valence-electron chi connectivity index (χ0n) is 9.94. The normalized spacial score (nSPS) is 11.7. The van der Waals surface area contributed by atoms with Gasteiger partial charge in [-0.05, 0) is 12.1 Å². The number of rotatable bonds is 2. The van der Waals surface area contributed by atoms with Crippen LogP contribution in [0.5, 0.6) is 0 Å². The molecule has 0 atom stereocenters. The van der Waals surface area contributed by atoms with Crippen LogP contribution in [-0.4, -0.2) is 21.2 Å². The number of H-pyrrole nitrogens is 1. The fourth-order valence-electron chi connectivity index (χ4n) is 1.66. The summed E-state index contributed by atoms with van der Waals surface area (Å²) in [6.45, 7) is 5.66. The van der Waals surface area contributed by atoms with Gasteiger partial charge in [-0.25, -0.2) is 4.79 Å². The first-order chi connectivity index (χ1) is 7.91. The molecule has 0 saturated carbocycles. The molecule has 2 N–H and O–H groups in total. The number of carboxylic acids is 1. The highest BCUT2D eigenvalue weighted by molar-refractivity contribution is 5.95. The number of nitrogens with one attached hydrogen (secondary N) is 1. The quantitative estimate of drug-likeness (QED) is 0.837. The van der Waals surface area contributed by atoms with Crippen molar-refractivity contribution in [1.82, 2.24) is 10.1 Å². The van der Waals surface area contributed by atoms with E-state index in [9.17, 15) is 9.90 Å². The Bertz CT molecular complexity index is 533. The van der Waals surface area contributed by atoms with Crippen molar-refractivity contribution >= 4 is 5.97 Å². The molecule has 17 heavy (non-hydrogen) atoms. The molecular weight excluding hydrogens is 220 g/mol. The second-order valence-corrected chi connectivity index (χ2v) is 4.87. The molecule has 0 aromatic carbocycles. The third kappa shape index (κ3) is 1.95. The second kappa shape index (κ2) is 3.76. The fourth-order valence-corrected chi connectivity index (χ4v) is 1.66. The van der Waals surface area contributed by atoms with E-state index in [-0.39, 0.29) is 5.56 Å². The molecule has 0 radical (unpaired) electrons. The van der Waals surface area contributed by atoms with Gasteiger partial charge in [0.25, 0.3) is 0 Å². The molecule has 2 heterocycles. The lowest BCUT2D eigenvalue weighted by Crippen LogP contribution is -2.15. The van der Waals surface area contributed by atoms with E-state index in [4.69, 9.17) is 4.52 Å². The van der Waals surface area contributed by atoms with E-state index in [1.165, 1.54) is 0 Å². The van der Waals surface area contributed by atoms with Gasteiger partial charge in [0, 0.05) is 11.6 Å². The molecule has 5 heteroatoms. The summed E-state index contributed by atoms with van der Waals surface area (Å²) >= 11 is 0. The van der Waals surface area contributed by atoms with Crippen LogP contribution >= 0.6 is 0 Å². The Labute approximate surface area is 98.4 Å². The molecule has 0 spiro atoms. The molecule has 0 bridgehead atoms. The van der Waals surface area contributed by atoms with Crippen LogP contribution in [0.3, 0.4) is 0 Å². The molecule has 2 rings (SSSR count). The van der Waals surface area contributed by atoms with E-state index in [0.717, 1.165) is 0 Å². The van der Waals surface area contributed by atoms with E-state index in [1.54, 1.807) is 18.3 Å². The summed E-state index contributed by atoms with van der Waals surface area (Å²) in [5.74, 6) is -0.643. The van der Waals surface area contributed by atoms with Gasteiger partial charge in [0.15, 0.2) is 5.76 Å². The summed E-state index contributed by atoms with van der Waals surface area (Å²) in [5.41, 5.74) is 0.708. The number of aromatic nitrogens is 2. The predicted molar refractivity (Wildman–Crippen MR) is 61.9 cm³/mol. The van der Waals surface area contributed by atoms with E-state index in [0.29, 0.717) is 17.1 Å². The fraction of sp³-hybridized carbons (Fsp3) is 0.333. The van der Waals surface area contributed by atoms with Crippen LogP contribution in [0.15, 0.2) is 22.9 Å². The van der Waals surface area contributed by atoms with Crippen molar-refractivity contribution in [3.63, 3.8) is 0 Å². The molecule has 0 amide bonds. The van der Waals surface area contributed by atoms with Crippen molar-refractivity contribution in [3.8, 4) is 11.4 Å². The van der Waals surface area contributed by atoms with Gasteiger partial charge >= 0.3 is 5.97 Å². The lowest BCUT2D eigenvalue weighted by Gasteiger charge is -2.14. The molecule has 2 aromatic heterocycles. The summed E-state index contributed by atoms with van der Waals surface area (Å²) < 4.78 is 5.19. The van der Waals surface area contributed by atoms with Crippen LogP contribution in [0.4, 0.5) is 0 Å². The van der Waals surface area contributed by atoms with Gasteiger partial charge in [0.05, 0.1) is 5.69 Å². The van der Waals surface area contributed by atoms with E-state index in [2.05, 4.69) is 10.1 Å². The van der Waals surface area contributed by atoms with Gasteiger partial charge in [-0.2, -0.15) is 0 Å². The number of nitrogens with zero attached hydrogens (tertiary/aromatic N) is 1. The Morgan fingerprint density at radius 1 is 1.47 bits per heavy atom. The topological polar surface area (TPSA) is 79.1 Å². The SMILES string of the molecule is CC(C)(C)c1onc(-c2ccc[nH]2)c1C(=O)O. The minimum atomic E-state index is -1.03. The maximum atomic E-state index is 11.3. The van der Waals surface area contributed by atoms with Crippen molar-refractivity contribution < 1.29 is 14.4 Å². The van der Waals surface area contributed by atoms with Crippen molar-refractivity contribution in [3.05, 3.63) is 29.7 Å². The first-order valence-electron chi connectivity index (χ1n) is 5.28.